The summed E-state index contributed by atoms with van der Waals surface area (Å²) in [7, 11) is 0. The molecule has 4 rings (SSSR count). The van der Waals surface area contributed by atoms with Crippen LogP contribution >= 0.6 is 0 Å². The van der Waals surface area contributed by atoms with Crippen LogP contribution in [-0.2, 0) is 11.2 Å². The average molecular weight is 380 g/mol. The predicted molar refractivity (Wildman–Crippen MR) is 105 cm³/mol. The zero-order valence-electron chi connectivity index (χ0n) is 16.0. The number of benzene rings is 1. The Bertz CT molecular complexity index is 949. The molecule has 1 aliphatic carbocycles. The number of amides is 1. The minimum absolute atomic E-state index is 0.0921. The van der Waals surface area contributed by atoms with E-state index in [9.17, 15) is 4.79 Å². The highest BCUT2D eigenvalue weighted by atomic mass is 16.5. The summed E-state index contributed by atoms with van der Waals surface area (Å²) in [6.45, 7) is 1.86. The Hall–Kier alpha value is -2.96. The van der Waals surface area contributed by atoms with E-state index in [1.165, 1.54) is 19.3 Å². The van der Waals surface area contributed by atoms with Gasteiger partial charge in [-0.05, 0) is 12.8 Å². The quantitative estimate of drug-likeness (QED) is 0.702. The van der Waals surface area contributed by atoms with Crippen LogP contribution < -0.4 is 10.1 Å². The summed E-state index contributed by atoms with van der Waals surface area (Å²) in [4.78, 5) is 21.2. The van der Waals surface area contributed by atoms with Gasteiger partial charge < -0.3 is 14.6 Å². The second-order valence-electron chi connectivity index (χ2n) is 7.07. The lowest BCUT2D eigenvalue weighted by atomic mass is 9.95. The van der Waals surface area contributed by atoms with Crippen LogP contribution in [0.3, 0.4) is 0 Å². The van der Waals surface area contributed by atoms with Crippen molar-refractivity contribution < 1.29 is 14.1 Å². The van der Waals surface area contributed by atoms with Crippen LogP contribution in [0.2, 0.25) is 0 Å². The number of hydrogen-bond acceptors (Lipinski definition) is 6. The van der Waals surface area contributed by atoms with Gasteiger partial charge in [-0.2, -0.15) is 9.97 Å². The van der Waals surface area contributed by atoms with Crippen molar-refractivity contribution >= 4 is 17.0 Å². The van der Waals surface area contributed by atoms with Crippen LogP contribution in [0.25, 0.3) is 22.4 Å². The zero-order valence-corrected chi connectivity index (χ0v) is 16.0. The van der Waals surface area contributed by atoms with Gasteiger partial charge >= 0.3 is 0 Å². The van der Waals surface area contributed by atoms with E-state index in [2.05, 4.69) is 20.4 Å². The number of hydrogen-bond donors (Lipinski definition) is 1. The van der Waals surface area contributed by atoms with Crippen molar-refractivity contribution in [2.45, 2.75) is 51.5 Å². The maximum absolute atomic E-state index is 12.3. The highest BCUT2D eigenvalue weighted by Crippen LogP contribution is 2.33. The Kier molecular flexibility index (Phi) is 5.50. The van der Waals surface area contributed by atoms with Crippen LogP contribution in [0.5, 0.6) is 5.88 Å². The summed E-state index contributed by atoms with van der Waals surface area (Å²) in [5.41, 5.74) is 1.86. The Morgan fingerprint density at radius 2 is 1.96 bits per heavy atom. The molecule has 0 unspecified atom stereocenters. The third kappa shape index (κ3) is 3.98. The minimum Gasteiger partial charge on any atom is -0.467 e. The number of nitrogens with one attached hydrogen (secondary N) is 1. The van der Waals surface area contributed by atoms with Crippen LogP contribution in [0, 0.1) is 0 Å². The highest BCUT2D eigenvalue weighted by Gasteiger charge is 2.21. The number of ether oxygens (including phenoxy) is 1. The first kappa shape index (κ1) is 18.4. The highest BCUT2D eigenvalue weighted by molar-refractivity contribution is 5.93. The molecule has 2 aromatic heterocycles. The summed E-state index contributed by atoms with van der Waals surface area (Å²) < 4.78 is 11.3. The van der Waals surface area contributed by atoms with Crippen molar-refractivity contribution in [1.82, 2.24) is 20.4 Å². The van der Waals surface area contributed by atoms with Crippen LogP contribution in [0.1, 0.15) is 44.9 Å². The Balaban J connectivity index is 1.58. The third-order valence-electron chi connectivity index (χ3n) is 5.02. The SMILES string of the molecule is CCc1nc(OCC(=O)NC2CCCCC2)c2c(-c3ccccc3)noc2n1. The largest absolute Gasteiger partial charge is 0.467 e. The molecule has 146 valence electrons. The second kappa shape index (κ2) is 8.37. The van der Waals surface area contributed by atoms with Crippen molar-refractivity contribution in [1.29, 1.82) is 0 Å². The van der Waals surface area contributed by atoms with Gasteiger partial charge in [-0.3, -0.25) is 4.79 Å². The number of carbonyl (C=O) groups excluding carboxylic acids is 1. The second-order valence-corrected chi connectivity index (χ2v) is 7.07. The van der Waals surface area contributed by atoms with E-state index < -0.39 is 0 Å². The van der Waals surface area contributed by atoms with Crippen molar-refractivity contribution in [3.8, 4) is 17.1 Å². The molecule has 0 aliphatic heterocycles. The number of nitrogens with zero attached hydrogens (tertiary/aromatic N) is 3. The van der Waals surface area contributed by atoms with Crippen molar-refractivity contribution in [2.24, 2.45) is 0 Å². The van der Waals surface area contributed by atoms with Crippen molar-refractivity contribution in [3.05, 3.63) is 36.2 Å². The van der Waals surface area contributed by atoms with Gasteiger partial charge in [0.05, 0.1) is 0 Å². The topological polar surface area (TPSA) is 90.1 Å². The summed E-state index contributed by atoms with van der Waals surface area (Å²) >= 11 is 0. The fourth-order valence-electron chi connectivity index (χ4n) is 3.57. The number of aromatic nitrogens is 3. The molecule has 1 N–H and O–H groups in total. The molecule has 3 aromatic rings. The Labute approximate surface area is 163 Å². The van der Waals surface area contributed by atoms with E-state index in [1.807, 2.05) is 37.3 Å². The van der Waals surface area contributed by atoms with Crippen LogP contribution in [0.15, 0.2) is 34.9 Å². The lowest BCUT2D eigenvalue weighted by Crippen LogP contribution is -2.39. The van der Waals surface area contributed by atoms with Gasteiger partial charge in [-0.1, -0.05) is 61.7 Å². The number of fused-ring (bicyclic) bond motifs is 1. The van der Waals surface area contributed by atoms with Crippen molar-refractivity contribution in [2.75, 3.05) is 6.61 Å². The molecule has 7 heteroatoms. The molecular weight excluding hydrogens is 356 g/mol. The first-order valence-corrected chi connectivity index (χ1v) is 9.88. The lowest BCUT2D eigenvalue weighted by molar-refractivity contribution is -0.124. The minimum atomic E-state index is -0.130. The van der Waals surface area contributed by atoms with Gasteiger partial charge in [0.15, 0.2) is 6.61 Å². The zero-order chi connectivity index (χ0) is 19.3. The van der Waals surface area contributed by atoms with E-state index in [1.54, 1.807) is 0 Å². The van der Waals surface area contributed by atoms with Gasteiger partial charge in [0, 0.05) is 18.0 Å². The Morgan fingerprint density at radius 1 is 1.18 bits per heavy atom. The molecule has 28 heavy (non-hydrogen) atoms. The lowest BCUT2D eigenvalue weighted by Gasteiger charge is -2.22. The summed E-state index contributed by atoms with van der Waals surface area (Å²) in [5.74, 6) is 0.793. The van der Waals surface area contributed by atoms with Crippen molar-refractivity contribution in [3.63, 3.8) is 0 Å². The van der Waals surface area contributed by atoms with Gasteiger partial charge in [-0.25, -0.2) is 0 Å². The van der Waals surface area contributed by atoms with Gasteiger partial charge in [0.25, 0.3) is 11.6 Å². The van der Waals surface area contributed by atoms with E-state index in [-0.39, 0.29) is 18.6 Å². The molecule has 0 atom stereocenters. The Morgan fingerprint density at radius 3 is 2.71 bits per heavy atom. The predicted octanol–water partition coefficient (Wildman–Crippen LogP) is 3.67. The maximum Gasteiger partial charge on any atom is 0.265 e. The molecule has 7 nitrogen and oxygen atoms in total. The molecular formula is C21H24N4O3. The standard InChI is InChI=1S/C21H24N4O3/c1-2-16-23-20(27-13-17(26)22-15-11-7-4-8-12-15)18-19(25-28-21(18)24-16)14-9-5-3-6-10-14/h3,5-6,9-10,15H,2,4,7-8,11-13H2,1H3,(H,22,26). The molecule has 1 aliphatic rings. The fourth-order valence-corrected chi connectivity index (χ4v) is 3.57. The van der Waals surface area contributed by atoms with E-state index in [0.717, 1.165) is 18.4 Å². The number of aryl methyl sites for hydroxylation is 1. The molecule has 0 bridgehead atoms. The smallest absolute Gasteiger partial charge is 0.265 e. The van der Waals surface area contributed by atoms with Crippen LogP contribution in [-0.4, -0.2) is 33.7 Å². The fraction of sp³-hybridized carbons (Fsp3) is 0.429. The number of rotatable bonds is 6. The molecule has 1 amide bonds. The molecule has 1 saturated carbocycles. The molecule has 0 spiro atoms. The first-order valence-electron chi connectivity index (χ1n) is 9.88. The molecule has 1 fully saturated rings. The monoisotopic (exact) mass is 380 g/mol. The van der Waals surface area contributed by atoms with Gasteiger partial charge in [0.2, 0.25) is 5.88 Å². The molecule has 2 heterocycles. The van der Waals surface area contributed by atoms with Gasteiger partial charge in [-0.15, -0.1) is 0 Å². The summed E-state index contributed by atoms with van der Waals surface area (Å²) in [6, 6.07) is 9.90. The van der Waals surface area contributed by atoms with Crippen LogP contribution in [0.4, 0.5) is 0 Å². The van der Waals surface area contributed by atoms with E-state index in [0.29, 0.717) is 34.9 Å². The summed E-state index contributed by atoms with van der Waals surface area (Å²) in [6.07, 6.45) is 6.28. The summed E-state index contributed by atoms with van der Waals surface area (Å²) in [5, 5.41) is 7.82. The average Bonchev–Trinajstić information content (AvgIpc) is 3.17. The van der Waals surface area contributed by atoms with E-state index >= 15 is 0 Å². The van der Waals surface area contributed by atoms with E-state index in [4.69, 9.17) is 9.26 Å². The molecule has 1 aromatic carbocycles. The maximum atomic E-state index is 12.3. The third-order valence-corrected chi connectivity index (χ3v) is 5.02. The van der Waals surface area contributed by atoms with Gasteiger partial charge in [0.1, 0.15) is 16.9 Å². The first-order chi connectivity index (χ1) is 13.7. The molecule has 0 saturated heterocycles. The molecule has 0 radical (unpaired) electrons. The normalized spacial score (nSPS) is 14.9. The number of carbonyl (C=O) groups is 1.